The maximum atomic E-state index is 14.3. The normalized spacial score (nSPS) is 10.3. The van der Waals surface area contributed by atoms with E-state index in [4.69, 9.17) is 4.74 Å². The summed E-state index contributed by atoms with van der Waals surface area (Å²) >= 11 is 0. The van der Waals surface area contributed by atoms with Gasteiger partial charge in [-0.25, -0.2) is 9.18 Å². The third-order valence-corrected chi connectivity index (χ3v) is 4.03. The molecule has 3 rings (SSSR count). The van der Waals surface area contributed by atoms with Gasteiger partial charge in [0.2, 0.25) is 0 Å². The zero-order chi connectivity index (χ0) is 20.0. The first kappa shape index (κ1) is 20.4. The Morgan fingerprint density at radius 3 is 2.67 bits per heavy atom. The summed E-state index contributed by atoms with van der Waals surface area (Å²) in [5.74, 6) is -0.827. The molecule has 0 saturated heterocycles. The monoisotopic (exact) mass is 373 g/mol. The molecule has 146 valence electrons. The zero-order valence-corrected chi connectivity index (χ0v) is 16.5. The van der Waals surface area contributed by atoms with Crippen LogP contribution in [0.3, 0.4) is 0 Å². The molecule has 0 bridgehead atoms. The lowest BCUT2D eigenvalue weighted by atomic mass is 10.2. The summed E-state index contributed by atoms with van der Waals surface area (Å²) in [5, 5.41) is 3.81. The second-order valence-corrected chi connectivity index (χ2v) is 5.69. The van der Waals surface area contributed by atoms with Crippen molar-refractivity contribution in [3.8, 4) is 0 Å². The van der Waals surface area contributed by atoms with Crippen molar-refractivity contribution in [2.75, 3.05) is 11.9 Å². The number of aromatic nitrogens is 2. The van der Waals surface area contributed by atoms with Crippen LogP contribution in [0.5, 0.6) is 0 Å². The summed E-state index contributed by atoms with van der Waals surface area (Å²) in [6.45, 7) is 10.4. The minimum absolute atomic E-state index is 0. The van der Waals surface area contributed by atoms with Gasteiger partial charge in [0, 0.05) is 25.8 Å². The number of ether oxygens (including phenoxy) is 1. The number of halogens is 1. The predicted octanol–water partition coefficient (Wildman–Crippen LogP) is 5.70. The Labute approximate surface area is 160 Å². The molecule has 0 atom stereocenters. The van der Waals surface area contributed by atoms with E-state index in [1.165, 1.54) is 6.07 Å². The Balaban J connectivity index is 0.00000127. The largest absolute Gasteiger partial charge is 0.461 e. The van der Waals surface area contributed by atoms with Crippen LogP contribution in [-0.4, -0.2) is 22.1 Å². The summed E-state index contributed by atoms with van der Waals surface area (Å²) in [5.41, 5.74) is 2.84. The number of pyridine rings is 1. The van der Waals surface area contributed by atoms with Crippen molar-refractivity contribution in [1.29, 1.82) is 0 Å². The van der Waals surface area contributed by atoms with Crippen molar-refractivity contribution in [2.45, 2.75) is 41.2 Å². The maximum absolute atomic E-state index is 14.3. The number of carbonyl (C=O) groups is 1. The minimum atomic E-state index is -0.449. The summed E-state index contributed by atoms with van der Waals surface area (Å²) < 4.78 is 21.4. The number of hydrogen-bond donors (Lipinski definition) is 1. The molecule has 0 aliphatic rings. The van der Waals surface area contributed by atoms with Gasteiger partial charge in [-0.3, -0.25) is 4.98 Å². The molecular formula is C21H28FN3O2. The maximum Gasteiger partial charge on any atom is 0.357 e. The fourth-order valence-corrected chi connectivity index (χ4v) is 2.92. The highest BCUT2D eigenvalue weighted by Gasteiger charge is 2.24. The van der Waals surface area contributed by atoms with Gasteiger partial charge in [0.15, 0.2) is 5.69 Å². The molecule has 27 heavy (non-hydrogen) atoms. The van der Waals surface area contributed by atoms with Crippen molar-refractivity contribution in [3.05, 3.63) is 53.7 Å². The van der Waals surface area contributed by atoms with E-state index >= 15 is 0 Å². The number of benzene rings is 1. The highest BCUT2D eigenvalue weighted by molar-refractivity contribution is 6.07. The topological polar surface area (TPSA) is 56.1 Å². The SMILES string of the molecule is CC.CCOC(=O)c1c(Nc2ccc(C)cc2F)c2cnccc2n1CC.[HH]. The first-order chi connectivity index (χ1) is 13.1. The molecule has 0 amide bonds. The molecule has 1 aromatic carbocycles. The summed E-state index contributed by atoms with van der Waals surface area (Å²) in [4.78, 5) is 16.7. The van der Waals surface area contributed by atoms with Crippen molar-refractivity contribution in [3.63, 3.8) is 0 Å². The number of nitrogens with zero attached hydrogens (tertiary/aromatic N) is 2. The molecule has 0 aliphatic heterocycles. The molecular weight excluding hydrogens is 345 g/mol. The fraction of sp³-hybridized carbons (Fsp3) is 0.333. The number of hydrogen-bond acceptors (Lipinski definition) is 4. The van der Waals surface area contributed by atoms with Crippen LogP contribution in [0.25, 0.3) is 10.9 Å². The molecule has 0 radical (unpaired) electrons. The number of carbonyl (C=O) groups excluding carboxylic acids is 1. The molecule has 0 saturated carbocycles. The standard InChI is InChI=1S/C19H20FN3O2.C2H6.H2/c1-4-23-16-8-9-21-11-13(16)17(18(23)19(24)25-5-2)22-15-7-6-12(3)10-14(15)20;1-2;/h6-11,22H,4-5H2,1-3H3;1-2H3;1H. The van der Waals surface area contributed by atoms with E-state index in [1.54, 1.807) is 25.4 Å². The minimum Gasteiger partial charge on any atom is -0.461 e. The number of nitrogens with one attached hydrogen (secondary N) is 1. The number of anilines is 2. The Hall–Kier alpha value is -2.89. The number of rotatable bonds is 5. The summed E-state index contributed by atoms with van der Waals surface area (Å²) in [7, 11) is 0. The molecule has 2 heterocycles. The Kier molecular flexibility index (Phi) is 6.93. The van der Waals surface area contributed by atoms with Gasteiger partial charge in [-0.2, -0.15) is 0 Å². The van der Waals surface area contributed by atoms with E-state index in [0.29, 0.717) is 23.6 Å². The van der Waals surface area contributed by atoms with E-state index in [9.17, 15) is 9.18 Å². The third kappa shape index (κ3) is 4.10. The molecule has 6 heteroatoms. The van der Waals surface area contributed by atoms with Crippen molar-refractivity contribution < 1.29 is 15.3 Å². The van der Waals surface area contributed by atoms with Gasteiger partial charge < -0.3 is 14.6 Å². The van der Waals surface area contributed by atoms with E-state index in [1.807, 2.05) is 44.4 Å². The molecule has 5 nitrogen and oxygen atoms in total. The lowest BCUT2D eigenvalue weighted by Crippen LogP contribution is -2.13. The molecule has 2 aromatic heterocycles. The van der Waals surface area contributed by atoms with Gasteiger partial charge in [-0.05, 0) is 44.5 Å². The molecule has 0 fully saturated rings. The molecule has 0 spiro atoms. The Morgan fingerprint density at radius 2 is 2.04 bits per heavy atom. The molecule has 1 N–H and O–H groups in total. The van der Waals surface area contributed by atoms with E-state index in [-0.39, 0.29) is 13.9 Å². The van der Waals surface area contributed by atoms with E-state index in [2.05, 4.69) is 10.3 Å². The first-order valence-electron chi connectivity index (χ1n) is 9.23. The average Bonchev–Trinajstić information content (AvgIpc) is 2.99. The summed E-state index contributed by atoms with van der Waals surface area (Å²) in [6.07, 6.45) is 3.33. The fourth-order valence-electron chi connectivity index (χ4n) is 2.92. The predicted molar refractivity (Wildman–Crippen MR) is 109 cm³/mol. The van der Waals surface area contributed by atoms with Crippen LogP contribution in [0.1, 0.15) is 45.2 Å². The molecule has 3 aromatic rings. The van der Waals surface area contributed by atoms with Gasteiger partial charge in [0.25, 0.3) is 0 Å². The second kappa shape index (κ2) is 9.16. The number of aryl methyl sites for hydroxylation is 2. The van der Waals surface area contributed by atoms with Crippen molar-refractivity contribution >= 4 is 28.2 Å². The lowest BCUT2D eigenvalue weighted by molar-refractivity contribution is 0.0516. The quantitative estimate of drug-likeness (QED) is 0.583. The van der Waals surface area contributed by atoms with Crippen LogP contribution < -0.4 is 5.32 Å². The van der Waals surface area contributed by atoms with Gasteiger partial charge in [-0.1, -0.05) is 19.9 Å². The van der Waals surface area contributed by atoms with Crippen LogP contribution in [-0.2, 0) is 11.3 Å². The first-order valence-corrected chi connectivity index (χ1v) is 9.23. The van der Waals surface area contributed by atoms with Crippen LogP contribution in [0.2, 0.25) is 0 Å². The highest BCUT2D eigenvalue weighted by Crippen LogP contribution is 2.34. The van der Waals surface area contributed by atoms with Crippen LogP contribution in [0.15, 0.2) is 36.7 Å². The van der Waals surface area contributed by atoms with Gasteiger partial charge in [0.1, 0.15) is 5.82 Å². The third-order valence-electron chi connectivity index (χ3n) is 4.03. The van der Waals surface area contributed by atoms with E-state index in [0.717, 1.165) is 16.5 Å². The van der Waals surface area contributed by atoms with Crippen molar-refractivity contribution in [2.24, 2.45) is 0 Å². The Morgan fingerprint density at radius 1 is 1.30 bits per heavy atom. The zero-order valence-electron chi connectivity index (χ0n) is 16.5. The smallest absolute Gasteiger partial charge is 0.357 e. The van der Waals surface area contributed by atoms with Gasteiger partial charge >= 0.3 is 5.97 Å². The number of esters is 1. The van der Waals surface area contributed by atoms with Gasteiger partial charge in [0.05, 0.1) is 23.5 Å². The van der Waals surface area contributed by atoms with Gasteiger partial charge in [-0.15, -0.1) is 0 Å². The highest BCUT2D eigenvalue weighted by atomic mass is 19.1. The Bertz CT molecular complexity index is 941. The van der Waals surface area contributed by atoms with Crippen LogP contribution in [0.4, 0.5) is 15.8 Å². The lowest BCUT2D eigenvalue weighted by Gasteiger charge is -2.11. The van der Waals surface area contributed by atoms with Crippen LogP contribution >= 0.6 is 0 Å². The second-order valence-electron chi connectivity index (χ2n) is 5.69. The molecule has 0 aliphatic carbocycles. The van der Waals surface area contributed by atoms with E-state index < -0.39 is 5.97 Å². The summed E-state index contributed by atoms with van der Waals surface area (Å²) in [6, 6.07) is 6.75. The van der Waals surface area contributed by atoms with Crippen molar-refractivity contribution in [1.82, 2.24) is 9.55 Å². The van der Waals surface area contributed by atoms with Crippen LogP contribution in [0, 0.1) is 12.7 Å². The average molecular weight is 373 g/mol. The molecule has 0 unspecified atom stereocenters. The number of fused-ring (bicyclic) bond motifs is 1.